The molecule has 0 bridgehead atoms. The molecule has 1 saturated carbocycles. The largest absolute Gasteiger partial charge is 0.463 e. The first-order chi connectivity index (χ1) is 15.2. The third-order valence-corrected chi connectivity index (χ3v) is 6.85. The fourth-order valence-corrected chi connectivity index (χ4v) is 5.09. The number of aliphatic hydroxyl groups is 1. The van der Waals surface area contributed by atoms with E-state index in [0.29, 0.717) is 12.0 Å². The summed E-state index contributed by atoms with van der Waals surface area (Å²) in [6, 6.07) is 9.28. The molecule has 0 amide bonds. The molecule has 1 aromatic carbocycles. The van der Waals surface area contributed by atoms with Crippen LogP contribution in [0.5, 0.6) is 0 Å². The van der Waals surface area contributed by atoms with E-state index in [9.17, 15) is 9.90 Å². The van der Waals surface area contributed by atoms with Gasteiger partial charge < -0.3 is 14.7 Å². The van der Waals surface area contributed by atoms with Gasteiger partial charge >= 0.3 is 5.97 Å². The third kappa shape index (κ3) is 5.13. The van der Waals surface area contributed by atoms with Gasteiger partial charge in [-0.15, -0.1) is 0 Å². The van der Waals surface area contributed by atoms with E-state index in [-0.39, 0.29) is 18.4 Å². The van der Waals surface area contributed by atoms with E-state index < -0.39 is 11.6 Å². The predicted molar refractivity (Wildman–Crippen MR) is 118 cm³/mol. The Hall–Kier alpha value is -2.31. The summed E-state index contributed by atoms with van der Waals surface area (Å²) in [4.78, 5) is 24.4. The second kappa shape index (κ2) is 10.3. The zero-order valence-electron chi connectivity index (χ0n) is 18.2. The van der Waals surface area contributed by atoms with Crippen molar-refractivity contribution in [3.05, 3.63) is 60.2 Å². The molecule has 4 rings (SSSR count). The van der Waals surface area contributed by atoms with Crippen molar-refractivity contribution in [2.75, 3.05) is 26.2 Å². The van der Waals surface area contributed by atoms with Gasteiger partial charge in [0, 0.05) is 37.0 Å². The van der Waals surface area contributed by atoms with E-state index in [0.717, 1.165) is 51.0 Å². The lowest BCUT2D eigenvalue weighted by Crippen LogP contribution is -2.43. The van der Waals surface area contributed by atoms with Crippen molar-refractivity contribution in [2.45, 2.75) is 56.5 Å². The van der Waals surface area contributed by atoms with Crippen molar-refractivity contribution in [2.24, 2.45) is 5.92 Å². The molecule has 1 aromatic heterocycles. The smallest absolute Gasteiger partial charge is 0.343 e. The summed E-state index contributed by atoms with van der Waals surface area (Å²) in [5.74, 6) is -0.469. The van der Waals surface area contributed by atoms with Gasteiger partial charge in [0.25, 0.3) is 0 Å². The fraction of sp³-hybridized carbons (Fsp3) is 0.560. The highest BCUT2D eigenvalue weighted by Gasteiger charge is 2.47. The average Bonchev–Trinajstić information content (AvgIpc) is 3.54. The van der Waals surface area contributed by atoms with Crippen LogP contribution in [0.1, 0.15) is 62.1 Å². The molecule has 0 spiro atoms. The van der Waals surface area contributed by atoms with Crippen molar-refractivity contribution in [1.29, 1.82) is 0 Å². The van der Waals surface area contributed by atoms with Gasteiger partial charge in [0.1, 0.15) is 0 Å². The zero-order valence-corrected chi connectivity index (χ0v) is 18.2. The van der Waals surface area contributed by atoms with Crippen LogP contribution < -0.4 is 0 Å². The van der Waals surface area contributed by atoms with E-state index in [4.69, 9.17) is 4.74 Å². The molecule has 2 fully saturated rings. The number of likely N-dealkylation sites (tertiary alicyclic amines) is 1. The monoisotopic (exact) mass is 423 g/mol. The minimum atomic E-state index is -1.57. The Kier molecular flexibility index (Phi) is 7.30. The Morgan fingerprint density at radius 3 is 2.55 bits per heavy atom. The number of ether oxygens (including phenoxy) is 1. The number of hydrogen-bond donors (Lipinski definition) is 1. The second-order valence-electron chi connectivity index (χ2n) is 8.87. The summed E-state index contributed by atoms with van der Waals surface area (Å²) in [7, 11) is 0. The van der Waals surface area contributed by atoms with E-state index in [1.165, 1.54) is 12.8 Å². The number of esters is 1. The van der Waals surface area contributed by atoms with Crippen molar-refractivity contribution in [3.8, 4) is 0 Å². The molecule has 2 heterocycles. The van der Waals surface area contributed by atoms with E-state index in [1.807, 2.05) is 30.3 Å². The van der Waals surface area contributed by atoms with Gasteiger partial charge in [0.15, 0.2) is 5.60 Å². The van der Waals surface area contributed by atoms with Gasteiger partial charge in [-0.2, -0.15) is 0 Å². The molecule has 2 aliphatic rings. The fourth-order valence-electron chi connectivity index (χ4n) is 5.09. The van der Waals surface area contributed by atoms with E-state index in [1.54, 1.807) is 18.6 Å². The highest BCUT2D eigenvalue weighted by molar-refractivity contribution is 5.81. The molecule has 1 N–H and O–H groups in total. The first-order valence-corrected chi connectivity index (χ1v) is 11.6. The van der Waals surface area contributed by atoms with Gasteiger partial charge in [0.2, 0.25) is 0 Å². The van der Waals surface area contributed by atoms with E-state index in [2.05, 4.69) is 14.9 Å². The number of carbonyl (C=O) groups excluding carboxylic acids is 1. The summed E-state index contributed by atoms with van der Waals surface area (Å²) in [6.45, 7) is 3.36. The van der Waals surface area contributed by atoms with Crippen LogP contribution >= 0.6 is 0 Å². The lowest BCUT2D eigenvalue weighted by molar-refractivity contribution is -0.174. The SMILES string of the molecule is O=C(OCC[C@@H](CN1CCCC1)c1cnccn1)C(O)(c1ccccc1)C1CCCC1. The van der Waals surface area contributed by atoms with E-state index >= 15 is 0 Å². The van der Waals surface area contributed by atoms with Crippen LogP contribution in [0.15, 0.2) is 48.9 Å². The number of hydrogen-bond acceptors (Lipinski definition) is 6. The molecule has 6 heteroatoms. The Bertz CT molecular complexity index is 820. The average molecular weight is 424 g/mol. The molecule has 2 atom stereocenters. The predicted octanol–water partition coefficient (Wildman–Crippen LogP) is 3.67. The van der Waals surface area contributed by atoms with Crippen molar-refractivity contribution >= 4 is 5.97 Å². The molecule has 1 aliphatic carbocycles. The minimum Gasteiger partial charge on any atom is -0.463 e. The van der Waals surface area contributed by atoms with Crippen LogP contribution in [0.25, 0.3) is 0 Å². The third-order valence-electron chi connectivity index (χ3n) is 6.85. The number of carbonyl (C=O) groups is 1. The normalized spacial score (nSPS) is 20.4. The molecule has 2 aromatic rings. The molecule has 1 aliphatic heterocycles. The Morgan fingerprint density at radius 1 is 1.13 bits per heavy atom. The molecular weight excluding hydrogens is 390 g/mol. The first kappa shape index (κ1) is 21.9. The highest BCUT2D eigenvalue weighted by atomic mass is 16.5. The summed E-state index contributed by atoms with van der Waals surface area (Å²) in [5.41, 5.74) is -0.0107. The minimum absolute atomic E-state index is 0.0946. The molecule has 1 unspecified atom stereocenters. The summed E-state index contributed by atoms with van der Waals surface area (Å²) < 4.78 is 5.73. The standard InChI is InChI=1S/C25H33N3O3/c29-24(25(30,22-10-4-5-11-22)21-8-2-1-3-9-21)31-17-12-20(19-28-15-6-7-16-28)23-18-26-13-14-27-23/h1-3,8-9,13-14,18,20,22,30H,4-7,10-12,15-17,19H2/t20-,25?/m0/s1. The Labute approximate surface area is 184 Å². The maximum absolute atomic E-state index is 13.2. The molecule has 31 heavy (non-hydrogen) atoms. The molecule has 166 valence electrons. The number of rotatable bonds is 9. The first-order valence-electron chi connectivity index (χ1n) is 11.6. The number of nitrogens with zero attached hydrogens (tertiary/aromatic N) is 3. The van der Waals surface area contributed by atoms with Crippen molar-refractivity contribution in [3.63, 3.8) is 0 Å². The van der Waals surface area contributed by atoms with Crippen molar-refractivity contribution in [1.82, 2.24) is 14.9 Å². The maximum atomic E-state index is 13.2. The van der Waals surface area contributed by atoms with Crippen LogP contribution in [0, 0.1) is 5.92 Å². The number of aromatic nitrogens is 2. The Morgan fingerprint density at radius 2 is 1.87 bits per heavy atom. The van der Waals surface area contributed by atoms with Crippen LogP contribution in [-0.2, 0) is 15.1 Å². The van der Waals surface area contributed by atoms with Crippen molar-refractivity contribution < 1.29 is 14.6 Å². The highest BCUT2D eigenvalue weighted by Crippen LogP contribution is 2.41. The van der Waals surface area contributed by atoms with Gasteiger partial charge in [-0.1, -0.05) is 43.2 Å². The van der Waals surface area contributed by atoms with Gasteiger partial charge in [0.05, 0.1) is 12.3 Å². The Balaban J connectivity index is 1.43. The van der Waals surface area contributed by atoms with Crippen LogP contribution in [0.2, 0.25) is 0 Å². The lowest BCUT2D eigenvalue weighted by Gasteiger charge is -2.32. The molecular formula is C25H33N3O3. The quantitative estimate of drug-likeness (QED) is 0.620. The van der Waals surface area contributed by atoms with Gasteiger partial charge in [-0.05, 0) is 50.8 Å². The maximum Gasteiger partial charge on any atom is 0.343 e. The number of benzene rings is 1. The molecule has 0 radical (unpaired) electrons. The van der Waals surface area contributed by atoms with Gasteiger partial charge in [-0.25, -0.2) is 4.79 Å². The summed E-state index contributed by atoms with van der Waals surface area (Å²) >= 11 is 0. The van der Waals surface area contributed by atoms with Crippen LogP contribution in [0.4, 0.5) is 0 Å². The molecule has 1 saturated heterocycles. The van der Waals surface area contributed by atoms with Gasteiger partial charge in [-0.3, -0.25) is 9.97 Å². The summed E-state index contributed by atoms with van der Waals surface area (Å²) in [6.07, 6.45) is 12.1. The topological polar surface area (TPSA) is 75.5 Å². The summed E-state index contributed by atoms with van der Waals surface area (Å²) in [5, 5.41) is 11.6. The second-order valence-corrected chi connectivity index (χ2v) is 8.87. The van der Waals surface area contributed by atoms with Crippen LogP contribution in [-0.4, -0.2) is 52.2 Å². The van der Waals surface area contributed by atoms with Crippen LogP contribution in [0.3, 0.4) is 0 Å². The zero-order chi connectivity index (χ0) is 21.5. The lowest BCUT2D eigenvalue weighted by atomic mass is 9.80. The molecule has 6 nitrogen and oxygen atoms in total.